The predicted octanol–water partition coefficient (Wildman–Crippen LogP) is 1.37. The molecular formula is C15H16N2O4S. The average Bonchev–Trinajstić information content (AvgIpc) is 2.85. The summed E-state index contributed by atoms with van der Waals surface area (Å²) in [5.41, 5.74) is -0.522. The number of aliphatic hydroxyl groups is 1. The maximum atomic E-state index is 12.3. The van der Waals surface area contributed by atoms with E-state index < -0.39 is 5.72 Å². The molecule has 6 nitrogen and oxygen atoms in total. The number of rotatable bonds is 3. The van der Waals surface area contributed by atoms with Crippen molar-refractivity contribution in [2.45, 2.75) is 17.8 Å². The van der Waals surface area contributed by atoms with Crippen LogP contribution < -0.4 is 15.0 Å². The number of aromatic nitrogens is 2. The Morgan fingerprint density at radius 3 is 2.68 bits per heavy atom. The van der Waals surface area contributed by atoms with E-state index >= 15 is 0 Å². The fourth-order valence-corrected chi connectivity index (χ4v) is 3.74. The molecule has 3 rings (SSSR count). The maximum absolute atomic E-state index is 12.3. The van der Waals surface area contributed by atoms with E-state index in [0.29, 0.717) is 33.7 Å². The van der Waals surface area contributed by atoms with Crippen LogP contribution in [0.15, 0.2) is 34.2 Å². The largest absolute Gasteiger partial charge is 0.493 e. The summed E-state index contributed by atoms with van der Waals surface area (Å²) in [5, 5.41) is 11.6. The van der Waals surface area contributed by atoms with Crippen molar-refractivity contribution < 1.29 is 14.6 Å². The van der Waals surface area contributed by atoms with Crippen molar-refractivity contribution in [3.8, 4) is 11.5 Å². The number of fused-ring (bicyclic) bond motifs is 1. The van der Waals surface area contributed by atoms with Crippen LogP contribution in [-0.2, 0) is 5.72 Å². The minimum atomic E-state index is -1.45. The van der Waals surface area contributed by atoms with Crippen molar-refractivity contribution in [1.29, 1.82) is 0 Å². The molecule has 0 radical (unpaired) electrons. The second-order valence-electron chi connectivity index (χ2n) is 5.03. The van der Waals surface area contributed by atoms with Gasteiger partial charge in [0.1, 0.15) is 0 Å². The number of aryl methyl sites for hydroxylation is 1. The highest BCUT2D eigenvalue weighted by molar-refractivity contribution is 7.99. The summed E-state index contributed by atoms with van der Waals surface area (Å²) in [5.74, 6) is 1.38. The summed E-state index contributed by atoms with van der Waals surface area (Å²) in [4.78, 5) is 16.6. The Morgan fingerprint density at radius 1 is 1.27 bits per heavy atom. The average molecular weight is 320 g/mol. The number of hydrogen-bond acceptors (Lipinski definition) is 6. The van der Waals surface area contributed by atoms with Crippen molar-refractivity contribution >= 4 is 11.8 Å². The minimum Gasteiger partial charge on any atom is -0.493 e. The van der Waals surface area contributed by atoms with E-state index in [1.807, 2.05) is 0 Å². The fraction of sp³-hybridized carbons (Fsp3) is 0.333. The van der Waals surface area contributed by atoms with E-state index in [0.717, 1.165) is 0 Å². The normalized spacial score (nSPS) is 19.8. The van der Waals surface area contributed by atoms with Crippen LogP contribution in [0.3, 0.4) is 0 Å². The molecule has 0 saturated heterocycles. The van der Waals surface area contributed by atoms with Crippen LogP contribution in [0, 0.1) is 6.92 Å². The SMILES string of the molecule is COc1ccc([C@]2(O)CSc3nc(C)cc(=O)n32)cc1OC. The Morgan fingerprint density at radius 2 is 2.00 bits per heavy atom. The van der Waals surface area contributed by atoms with Gasteiger partial charge >= 0.3 is 0 Å². The molecule has 0 unspecified atom stereocenters. The van der Waals surface area contributed by atoms with Crippen LogP contribution >= 0.6 is 11.8 Å². The maximum Gasteiger partial charge on any atom is 0.257 e. The molecule has 2 heterocycles. The van der Waals surface area contributed by atoms with Crippen molar-refractivity contribution in [1.82, 2.24) is 9.55 Å². The van der Waals surface area contributed by atoms with Gasteiger partial charge in [0.25, 0.3) is 5.56 Å². The Kier molecular flexibility index (Phi) is 3.62. The van der Waals surface area contributed by atoms with E-state index in [4.69, 9.17) is 9.47 Å². The van der Waals surface area contributed by atoms with Gasteiger partial charge < -0.3 is 14.6 Å². The summed E-state index contributed by atoms with van der Waals surface area (Å²) in [6.45, 7) is 1.76. The van der Waals surface area contributed by atoms with Gasteiger partial charge in [0.15, 0.2) is 22.4 Å². The third-order valence-electron chi connectivity index (χ3n) is 3.63. The van der Waals surface area contributed by atoms with Gasteiger partial charge in [-0.3, -0.25) is 9.36 Å². The first kappa shape index (κ1) is 14.9. The van der Waals surface area contributed by atoms with Crippen LogP contribution in [0.4, 0.5) is 0 Å². The second-order valence-corrected chi connectivity index (χ2v) is 5.97. The molecule has 0 aliphatic carbocycles. The van der Waals surface area contributed by atoms with Gasteiger partial charge in [-0.1, -0.05) is 17.8 Å². The lowest BCUT2D eigenvalue weighted by atomic mass is 10.0. The van der Waals surface area contributed by atoms with Gasteiger partial charge in [-0.05, 0) is 19.1 Å². The molecule has 1 aliphatic heterocycles. The number of methoxy groups -OCH3 is 2. The van der Waals surface area contributed by atoms with Crippen molar-refractivity contribution in [2.24, 2.45) is 0 Å². The Bertz CT molecular complexity index is 790. The van der Waals surface area contributed by atoms with Crippen LogP contribution in [0.2, 0.25) is 0 Å². The molecule has 1 aliphatic rings. The molecule has 2 aromatic rings. The highest BCUT2D eigenvalue weighted by Crippen LogP contribution is 2.40. The number of hydrogen-bond donors (Lipinski definition) is 1. The number of ether oxygens (including phenoxy) is 2. The highest BCUT2D eigenvalue weighted by Gasteiger charge is 2.41. The van der Waals surface area contributed by atoms with E-state index in [9.17, 15) is 9.90 Å². The van der Waals surface area contributed by atoms with E-state index in [1.165, 1.54) is 29.5 Å². The molecule has 1 N–H and O–H groups in total. The number of thioether (sulfide) groups is 1. The van der Waals surface area contributed by atoms with Crippen LogP contribution in [0.5, 0.6) is 11.5 Å². The standard InChI is InChI=1S/C15H16N2O4S/c1-9-6-13(18)17-14(16-9)22-8-15(17,19)10-4-5-11(20-2)12(7-10)21-3/h4-7,19H,8H2,1-3H3/t15-/m1/s1. The quantitative estimate of drug-likeness (QED) is 0.861. The molecule has 0 bridgehead atoms. The Hall–Kier alpha value is -1.99. The summed E-state index contributed by atoms with van der Waals surface area (Å²) < 4.78 is 11.8. The molecule has 7 heteroatoms. The molecule has 0 amide bonds. The van der Waals surface area contributed by atoms with Crippen LogP contribution in [-0.4, -0.2) is 34.6 Å². The molecule has 0 spiro atoms. The Balaban J connectivity index is 2.17. The molecule has 22 heavy (non-hydrogen) atoms. The monoisotopic (exact) mass is 320 g/mol. The first-order valence-corrected chi connectivity index (χ1v) is 7.67. The zero-order chi connectivity index (χ0) is 15.9. The summed E-state index contributed by atoms with van der Waals surface area (Å²) in [7, 11) is 3.07. The second kappa shape index (κ2) is 5.33. The van der Waals surface area contributed by atoms with Crippen molar-refractivity contribution in [3.63, 3.8) is 0 Å². The smallest absolute Gasteiger partial charge is 0.257 e. The molecule has 1 aromatic heterocycles. The van der Waals surface area contributed by atoms with Gasteiger partial charge in [0.05, 0.1) is 20.0 Å². The lowest BCUT2D eigenvalue weighted by Crippen LogP contribution is -2.41. The minimum absolute atomic E-state index is 0.273. The van der Waals surface area contributed by atoms with Gasteiger partial charge in [0.2, 0.25) is 0 Å². The first-order valence-electron chi connectivity index (χ1n) is 6.68. The van der Waals surface area contributed by atoms with Crippen LogP contribution in [0.25, 0.3) is 0 Å². The Labute approximate surface area is 131 Å². The van der Waals surface area contributed by atoms with Gasteiger partial charge in [-0.15, -0.1) is 0 Å². The predicted molar refractivity (Wildman–Crippen MR) is 82.8 cm³/mol. The summed E-state index contributed by atoms with van der Waals surface area (Å²) >= 11 is 1.35. The summed E-state index contributed by atoms with van der Waals surface area (Å²) in [6.07, 6.45) is 0. The molecular weight excluding hydrogens is 304 g/mol. The zero-order valence-electron chi connectivity index (χ0n) is 12.5. The third-order valence-corrected chi connectivity index (χ3v) is 4.71. The zero-order valence-corrected chi connectivity index (χ0v) is 13.3. The lowest BCUT2D eigenvalue weighted by Gasteiger charge is -2.25. The van der Waals surface area contributed by atoms with E-state index in [2.05, 4.69) is 4.98 Å². The summed E-state index contributed by atoms with van der Waals surface area (Å²) in [6, 6.07) is 6.53. The highest BCUT2D eigenvalue weighted by atomic mass is 32.2. The molecule has 116 valence electrons. The fourth-order valence-electron chi connectivity index (χ4n) is 2.54. The van der Waals surface area contributed by atoms with Gasteiger partial charge in [0, 0.05) is 17.3 Å². The lowest BCUT2D eigenvalue weighted by molar-refractivity contribution is 0.0234. The number of benzene rings is 1. The van der Waals surface area contributed by atoms with E-state index in [-0.39, 0.29) is 5.56 Å². The molecule has 0 fully saturated rings. The topological polar surface area (TPSA) is 73.6 Å². The molecule has 1 atom stereocenters. The van der Waals surface area contributed by atoms with Crippen molar-refractivity contribution in [3.05, 3.63) is 45.9 Å². The van der Waals surface area contributed by atoms with Gasteiger partial charge in [-0.25, -0.2) is 4.98 Å². The van der Waals surface area contributed by atoms with Gasteiger partial charge in [-0.2, -0.15) is 0 Å². The number of nitrogens with zero attached hydrogens (tertiary/aromatic N) is 2. The first-order chi connectivity index (χ1) is 10.5. The van der Waals surface area contributed by atoms with Crippen LogP contribution in [0.1, 0.15) is 11.3 Å². The molecule has 0 saturated carbocycles. The molecule has 1 aromatic carbocycles. The third kappa shape index (κ3) is 2.17. The van der Waals surface area contributed by atoms with E-state index in [1.54, 1.807) is 32.2 Å². The van der Waals surface area contributed by atoms with Crippen molar-refractivity contribution in [2.75, 3.05) is 20.0 Å².